The van der Waals surface area contributed by atoms with E-state index >= 15 is 0 Å². The van der Waals surface area contributed by atoms with Gasteiger partial charge in [-0.15, -0.1) is 0 Å². The van der Waals surface area contributed by atoms with Gasteiger partial charge in [-0.2, -0.15) is 5.26 Å². The molecule has 1 unspecified atom stereocenters. The summed E-state index contributed by atoms with van der Waals surface area (Å²) < 4.78 is 13.3. The van der Waals surface area contributed by atoms with Gasteiger partial charge in [0.1, 0.15) is 17.4 Å². The fraction of sp³-hybridized carbons (Fsp3) is 0.385. The predicted molar refractivity (Wildman–Crippen MR) is 67.5 cm³/mol. The lowest BCUT2D eigenvalue weighted by Crippen LogP contribution is -2.30. The number of hydrogen-bond donors (Lipinski definition) is 2. The summed E-state index contributed by atoms with van der Waals surface area (Å²) in [6, 6.07) is 5.94. The Bertz CT molecular complexity index is 468. The van der Waals surface area contributed by atoms with E-state index in [-0.39, 0.29) is 29.6 Å². The highest BCUT2D eigenvalue weighted by molar-refractivity contribution is 5.92. The van der Waals surface area contributed by atoms with Crippen LogP contribution in [-0.2, 0) is 4.79 Å². The molecule has 0 spiro atoms. The molecule has 0 heterocycles. The fourth-order valence-corrected chi connectivity index (χ4v) is 1.64. The summed E-state index contributed by atoms with van der Waals surface area (Å²) in [5, 5.41) is 14.5. The van der Waals surface area contributed by atoms with Crippen LogP contribution < -0.4 is 10.6 Å². The van der Waals surface area contributed by atoms with E-state index in [9.17, 15) is 9.18 Å². The Labute approximate surface area is 106 Å². The van der Waals surface area contributed by atoms with Crippen molar-refractivity contribution in [2.75, 3.05) is 11.9 Å². The number of rotatable bonds is 5. The largest absolute Gasteiger partial charge is 0.325 e. The number of amides is 1. The standard InChI is InChI=1S/C13H16FN3O/c1-3-16-9(2)7-13(18)17-12-6-4-5-11(14)10(12)8-15/h4-6,9,16H,3,7H2,1-2H3,(H,17,18). The van der Waals surface area contributed by atoms with Crippen molar-refractivity contribution < 1.29 is 9.18 Å². The van der Waals surface area contributed by atoms with E-state index in [1.54, 1.807) is 6.07 Å². The first-order chi connectivity index (χ1) is 8.58. The zero-order chi connectivity index (χ0) is 13.5. The molecule has 0 radical (unpaired) electrons. The molecule has 1 aromatic carbocycles. The number of hydrogen-bond acceptors (Lipinski definition) is 3. The Morgan fingerprint density at radius 3 is 2.89 bits per heavy atom. The molecule has 96 valence electrons. The summed E-state index contributed by atoms with van der Waals surface area (Å²) >= 11 is 0. The molecule has 0 fully saturated rings. The highest BCUT2D eigenvalue weighted by atomic mass is 19.1. The molecular weight excluding hydrogens is 233 g/mol. The molecule has 2 N–H and O–H groups in total. The van der Waals surface area contributed by atoms with Gasteiger partial charge >= 0.3 is 0 Å². The van der Waals surface area contributed by atoms with Crippen LogP contribution in [0.3, 0.4) is 0 Å². The summed E-state index contributed by atoms with van der Waals surface area (Å²) in [7, 11) is 0. The molecule has 1 amide bonds. The summed E-state index contributed by atoms with van der Waals surface area (Å²) in [6.07, 6.45) is 0.273. The zero-order valence-corrected chi connectivity index (χ0v) is 10.5. The second kappa shape index (κ2) is 6.72. The van der Waals surface area contributed by atoms with Crippen LogP contribution in [0.15, 0.2) is 18.2 Å². The molecule has 0 aliphatic heterocycles. The average molecular weight is 249 g/mol. The minimum Gasteiger partial charge on any atom is -0.325 e. The van der Waals surface area contributed by atoms with E-state index in [2.05, 4.69) is 10.6 Å². The monoisotopic (exact) mass is 249 g/mol. The quantitative estimate of drug-likeness (QED) is 0.839. The fourth-order valence-electron chi connectivity index (χ4n) is 1.64. The van der Waals surface area contributed by atoms with Gasteiger partial charge in [-0.3, -0.25) is 4.79 Å². The molecule has 1 atom stereocenters. The number of nitrogens with one attached hydrogen (secondary N) is 2. The van der Waals surface area contributed by atoms with E-state index in [1.165, 1.54) is 18.2 Å². The molecule has 5 heteroatoms. The average Bonchev–Trinajstić information content (AvgIpc) is 2.29. The number of nitriles is 1. The van der Waals surface area contributed by atoms with Gasteiger partial charge in [0, 0.05) is 12.5 Å². The molecule has 0 saturated heterocycles. The predicted octanol–water partition coefficient (Wildman–Crippen LogP) is 2.02. The molecule has 0 aliphatic rings. The van der Waals surface area contributed by atoms with Gasteiger partial charge in [-0.05, 0) is 25.6 Å². The number of carbonyl (C=O) groups is 1. The SMILES string of the molecule is CCNC(C)CC(=O)Nc1cccc(F)c1C#N. The van der Waals surface area contributed by atoms with Crippen LogP contribution in [0.2, 0.25) is 0 Å². The maximum Gasteiger partial charge on any atom is 0.225 e. The number of benzene rings is 1. The normalized spacial score (nSPS) is 11.7. The van der Waals surface area contributed by atoms with Crippen LogP contribution in [0.25, 0.3) is 0 Å². The topological polar surface area (TPSA) is 64.9 Å². The van der Waals surface area contributed by atoms with Gasteiger partial charge in [0.05, 0.1) is 5.69 Å². The van der Waals surface area contributed by atoms with Gasteiger partial charge in [0.2, 0.25) is 5.91 Å². The molecule has 1 rings (SSSR count). The second-order valence-electron chi connectivity index (χ2n) is 3.99. The van der Waals surface area contributed by atoms with E-state index in [1.807, 2.05) is 13.8 Å². The highest BCUT2D eigenvalue weighted by Crippen LogP contribution is 2.17. The Morgan fingerprint density at radius 2 is 2.28 bits per heavy atom. The third-order valence-electron chi connectivity index (χ3n) is 2.44. The minimum atomic E-state index is -0.630. The molecule has 4 nitrogen and oxygen atoms in total. The van der Waals surface area contributed by atoms with Gasteiger partial charge < -0.3 is 10.6 Å². The summed E-state index contributed by atoms with van der Waals surface area (Å²) in [6.45, 7) is 4.62. The summed E-state index contributed by atoms with van der Waals surface area (Å²) in [5.41, 5.74) is 0.0770. The summed E-state index contributed by atoms with van der Waals surface area (Å²) in [5.74, 6) is -0.874. The number of nitrogens with zero attached hydrogens (tertiary/aromatic N) is 1. The van der Waals surface area contributed by atoms with Gasteiger partial charge in [0.15, 0.2) is 0 Å². The molecule has 0 saturated carbocycles. The smallest absolute Gasteiger partial charge is 0.225 e. The Morgan fingerprint density at radius 1 is 1.56 bits per heavy atom. The zero-order valence-electron chi connectivity index (χ0n) is 10.5. The van der Waals surface area contributed by atoms with Gasteiger partial charge in [-0.1, -0.05) is 13.0 Å². The molecular formula is C13H16FN3O. The maximum atomic E-state index is 13.3. The van der Waals surface area contributed by atoms with Crippen molar-refractivity contribution in [1.29, 1.82) is 5.26 Å². The van der Waals surface area contributed by atoms with Crippen LogP contribution in [0.5, 0.6) is 0 Å². The second-order valence-corrected chi connectivity index (χ2v) is 3.99. The van der Waals surface area contributed by atoms with Crippen LogP contribution in [0.1, 0.15) is 25.8 Å². The Balaban J connectivity index is 2.71. The highest BCUT2D eigenvalue weighted by Gasteiger charge is 2.12. The van der Waals surface area contributed by atoms with E-state index in [0.717, 1.165) is 6.54 Å². The number of halogens is 1. The van der Waals surface area contributed by atoms with Crippen molar-refractivity contribution in [1.82, 2.24) is 5.32 Å². The van der Waals surface area contributed by atoms with Crippen LogP contribution in [0.4, 0.5) is 10.1 Å². The Kier molecular flexibility index (Phi) is 5.28. The van der Waals surface area contributed by atoms with Crippen molar-refractivity contribution in [3.05, 3.63) is 29.6 Å². The van der Waals surface area contributed by atoms with Crippen molar-refractivity contribution in [2.45, 2.75) is 26.3 Å². The van der Waals surface area contributed by atoms with Gasteiger partial charge in [-0.25, -0.2) is 4.39 Å². The lowest BCUT2D eigenvalue weighted by Gasteiger charge is -2.12. The lowest BCUT2D eigenvalue weighted by molar-refractivity contribution is -0.116. The Hall–Kier alpha value is -1.93. The van der Waals surface area contributed by atoms with Gasteiger partial charge in [0.25, 0.3) is 0 Å². The van der Waals surface area contributed by atoms with Crippen LogP contribution in [0, 0.1) is 17.1 Å². The van der Waals surface area contributed by atoms with Crippen LogP contribution >= 0.6 is 0 Å². The molecule has 1 aromatic rings. The van der Waals surface area contributed by atoms with Crippen molar-refractivity contribution in [3.8, 4) is 6.07 Å². The number of carbonyl (C=O) groups excluding carboxylic acids is 1. The first-order valence-corrected chi connectivity index (χ1v) is 5.80. The molecule has 18 heavy (non-hydrogen) atoms. The minimum absolute atomic E-state index is 0.0362. The molecule has 0 aromatic heterocycles. The van der Waals surface area contributed by atoms with E-state index in [4.69, 9.17) is 5.26 Å². The van der Waals surface area contributed by atoms with E-state index in [0.29, 0.717) is 0 Å². The first kappa shape index (κ1) is 14.1. The van der Waals surface area contributed by atoms with Crippen molar-refractivity contribution in [2.24, 2.45) is 0 Å². The third-order valence-corrected chi connectivity index (χ3v) is 2.44. The first-order valence-electron chi connectivity index (χ1n) is 5.80. The molecule has 0 bridgehead atoms. The van der Waals surface area contributed by atoms with Crippen molar-refractivity contribution in [3.63, 3.8) is 0 Å². The third kappa shape index (κ3) is 3.82. The lowest BCUT2D eigenvalue weighted by atomic mass is 10.1. The van der Waals surface area contributed by atoms with Crippen LogP contribution in [-0.4, -0.2) is 18.5 Å². The number of anilines is 1. The summed E-state index contributed by atoms with van der Waals surface area (Å²) in [4.78, 5) is 11.7. The molecule has 0 aliphatic carbocycles. The van der Waals surface area contributed by atoms with E-state index < -0.39 is 5.82 Å². The maximum absolute atomic E-state index is 13.3. The van der Waals surface area contributed by atoms with Crippen molar-refractivity contribution >= 4 is 11.6 Å².